The second kappa shape index (κ2) is 7.46. The van der Waals surface area contributed by atoms with Crippen molar-refractivity contribution in [3.63, 3.8) is 0 Å². The van der Waals surface area contributed by atoms with Gasteiger partial charge in [-0.05, 0) is 41.5 Å². The summed E-state index contributed by atoms with van der Waals surface area (Å²) >= 11 is 0. The number of para-hydroxylation sites is 1. The van der Waals surface area contributed by atoms with Crippen LogP contribution in [-0.4, -0.2) is 14.5 Å². The van der Waals surface area contributed by atoms with E-state index in [2.05, 4.69) is 125 Å². The van der Waals surface area contributed by atoms with E-state index in [0.29, 0.717) is 0 Å². The van der Waals surface area contributed by atoms with Crippen LogP contribution in [0.25, 0.3) is 60.9 Å². The van der Waals surface area contributed by atoms with Gasteiger partial charge < -0.3 is 9.55 Å². The number of benzene rings is 4. The molecule has 3 aromatic heterocycles. The highest BCUT2D eigenvalue weighted by atomic mass is 15.1. The van der Waals surface area contributed by atoms with Crippen LogP contribution in [0.3, 0.4) is 0 Å². The van der Waals surface area contributed by atoms with Gasteiger partial charge in [-0.25, -0.2) is 4.98 Å². The molecule has 34 heavy (non-hydrogen) atoms. The molecule has 3 heteroatoms. The molecule has 3 nitrogen and oxygen atoms in total. The van der Waals surface area contributed by atoms with E-state index < -0.39 is 0 Å². The Bertz CT molecular complexity index is 1730. The summed E-state index contributed by atoms with van der Waals surface area (Å²) in [6, 6.07) is 40.3. The van der Waals surface area contributed by atoms with Crippen molar-refractivity contribution in [2.75, 3.05) is 0 Å². The molecule has 0 aliphatic heterocycles. The van der Waals surface area contributed by atoms with Crippen molar-refractivity contribution in [1.29, 1.82) is 0 Å². The minimum absolute atomic E-state index is 0.910. The first-order valence-corrected chi connectivity index (χ1v) is 11.5. The Morgan fingerprint density at radius 1 is 0.588 bits per heavy atom. The van der Waals surface area contributed by atoms with E-state index in [-0.39, 0.29) is 0 Å². The maximum absolute atomic E-state index is 5.15. The van der Waals surface area contributed by atoms with Crippen molar-refractivity contribution in [1.82, 2.24) is 14.5 Å². The lowest BCUT2D eigenvalue weighted by atomic mass is 10.0. The number of H-pyrrole nitrogens is 1. The Kier molecular flexibility index (Phi) is 4.15. The van der Waals surface area contributed by atoms with Crippen molar-refractivity contribution in [3.05, 3.63) is 121 Å². The molecule has 0 bridgehead atoms. The first-order chi connectivity index (χ1) is 16.8. The fourth-order valence-electron chi connectivity index (χ4n) is 4.95. The van der Waals surface area contributed by atoms with Crippen LogP contribution < -0.4 is 0 Å². The van der Waals surface area contributed by atoms with Gasteiger partial charge in [0, 0.05) is 39.0 Å². The molecule has 0 saturated carbocycles. The third-order valence-electron chi connectivity index (χ3n) is 6.55. The van der Waals surface area contributed by atoms with Gasteiger partial charge >= 0.3 is 0 Å². The molecule has 0 amide bonds. The van der Waals surface area contributed by atoms with E-state index in [4.69, 9.17) is 4.98 Å². The van der Waals surface area contributed by atoms with Gasteiger partial charge in [-0.3, -0.25) is 0 Å². The standard InChI is InChI=1S/C31H21N3/c1-3-9-21(10-4-1)24-19-28(22-11-5-2-6-12-22)33-29(20-24)34-18-17-23-15-16-27-30(31(23)34)25-13-7-8-14-26(25)32-27/h1-20,32H. The predicted octanol–water partition coefficient (Wildman–Crippen LogP) is 7.99. The average Bonchev–Trinajstić information content (AvgIpc) is 3.51. The van der Waals surface area contributed by atoms with Gasteiger partial charge in [0.15, 0.2) is 0 Å². The normalized spacial score (nSPS) is 11.5. The predicted molar refractivity (Wildman–Crippen MR) is 141 cm³/mol. The van der Waals surface area contributed by atoms with E-state index in [1.54, 1.807) is 0 Å². The Labute approximate surface area is 196 Å². The van der Waals surface area contributed by atoms with E-state index in [0.717, 1.165) is 33.7 Å². The van der Waals surface area contributed by atoms with Crippen molar-refractivity contribution in [3.8, 4) is 28.2 Å². The molecule has 1 N–H and O–H groups in total. The summed E-state index contributed by atoms with van der Waals surface area (Å²) in [7, 11) is 0. The molecule has 0 aliphatic rings. The van der Waals surface area contributed by atoms with Crippen LogP contribution >= 0.6 is 0 Å². The Balaban J connectivity index is 1.55. The zero-order valence-corrected chi connectivity index (χ0v) is 18.4. The smallest absolute Gasteiger partial charge is 0.138 e. The molecule has 7 aromatic rings. The van der Waals surface area contributed by atoms with Crippen LogP contribution in [-0.2, 0) is 0 Å². The molecule has 0 aliphatic carbocycles. The molecular weight excluding hydrogens is 414 g/mol. The largest absolute Gasteiger partial charge is 0.354 e. The molecule has 0 atom stereocenters. The SMILES string of the molecule is c1ccc(-c2cc(-c3ccccc3)nc(-n3ccc4ccc5[nH]c6ccccc6c5c43)c2)cc1. The molecule has 160 valence electrons. The topological polar surface area (TPSA) is 33.6 Å². The molecule has 0 spiro atoms. The zero-order valence-electron chi connectivity index (χ0n) is 18.4. The van der Waals surface area contributed by atoms with Gasteiger partial charge in [0.2, 0.25) is 0 Å². The molecule has 0 saturated heterocycles. The van der Waals surface area contributed by atoms with Crippen molar-refractivity contribution >= 4 is 32.7 Å². The number of rotatable bonds is 3. The van der Waals surface area contributed by atoms with Crippen LogP contribution in [0.5, 0.6) is 0 Å². The van der Waals surface area contributed by atoms with Crippen LogP contribution in [0.4, 0.5) is 0 Å². The minimum Gasteiger partial charge on any atom is -0.354 e. The number of aromatic amines is 1. The summed E-state index contributed by atoms with van der Waals surface area (Å²) in [5, 5.41) is 3.65. The van der Waals surface area contributed by atoms with Crippen LogP contribution in [0, 0.1) is 0 Å². The molecule has 0 fully saturated rings. The van der Waals surface area contributed by atoms with Crippen molar-refractivity contribution in [2.24, 2.45) is 0 Å². The molecule has 0 radical (unpaired) electrons. The fourth-order valence-corrected chi connectivity index (χ4v) is 4.95. The van der Waals surface area contributed by atoms with Gasteiger partial charge in [-0.1, -0.05) is 84.9 Å². The quantitative estimate of drug-likeness (QED) is 0.300. The van der Waals surface area contributed by atoms with Crippen LogP contribution in [0.1, 0.15) is 0 Å². The summed E-state index contributed by atoms with van der Waals surface area (Å²) < 4.78 is 2.23. The minimum atomic E-state index is 0.910. The zero-order chi connectivity index (χ0) is 22.5. The Hall–Kier alpha value is -4.63. The van der Waals surface area contributed by atoms with Gasteiger partial charge in [-0.15, -0.1) is 0 Å². The van der Waals surface area contributed by atoms with Crippen LogP contribution in [0.15, 0.2) is 121 Å². The number of nitrogens with zero attached hydrogens (tertiary/aromatic N) is 2. The Morgan fingerprint density at radius 2 is 1.32 bits per heavy atom. The number of fused-ring (bicyclic) bond motifs is 5. The fraction of sp³-hybridized carbons (Fsp3) is 0. The van der Waals surface area contributed by atoms with E-state index >= 15 is 0 Å². The molecule has 0 unspecified atom stereocenters. The first-order valence-electron chi connectivity index (χ1n) is 11.5. The maximum Gasteiger partial charge on any atom is 0.138 e. The summed E-state index contributed by atoms with van der Waals surface area (Å²) in [6.45, 7) is 0. The summed E-state index contributed by atoms with van der Waals surface area (Å²) in [4.78, 5) is 8.73. The molecule has 4 aromatic carbocycles. The number of hydrogen-bond donors (Lipinski definition) is 1. The lowest BCUT2D eigenvalue weighted by Gasteiger charge is -2.12. The maximum atomic E-state index is 5.15. The van der Waals surface area contributed by atoms with Crippen molar-refractivity contribution < 1.29 is 0 Å². The Morgan fingerprint density at radius 3 is 2.15 bits per heavy atom. The highest BCUT2D eigenvalue weighted by Gasteiger charge is 2.15. The third-order valence-corrected chi connectivity index (χ3v) is 6.55. The van der Waals surface area contributed by atoms with E-state index in [1.807, 2.05) is 6.07 Å². The summed E-state index contributed by atoms with van der Waals surface area (Å²) in [5.74, 6) is 0.910. The second-order valence-electron chi connectivity index (χ2n) is 8.61. The first kappa shape index (κ1) is 18.9. The number of hydrogen-bond acceptors (Lipinski definition) is 1. The molecular formula is C31H21N3. The van der Waals surface area contributed by atoms with E-state index in [1.165, 1.54) is 27.2 Å². The van der Waals surface area contributed by atoms with Gasteiger partial charge in [0.25, 0.3) is 0 Å². The number of aromatic nitrogens is 3. The summed E-state index contributed by atoms with van der Waals surface area (Å²) in [6.07, 6.45) is 2.14. The molecule has 3 heterocycles. The van der Waals surface area contributed by atoms with Gasteiger partial charge in [-0.2, -0.15) is 0 Å². The number of pyridine rings is 1. The lowest BCUT2D eigenvalue weighted by molar-refractivity contribution is 1.05. The molecule has 7 rings (SSSR count). The van der Waals surface area contributed by atoms with Crippen molar-refractivity contribution in [2.45, 2.75) is 0 Å². The summed E-state index contributed by atoms with van der Waals surface area (Å²) in [5.41, 5.74) is 7.85. The lowest BCUT2D eigenvalue weighted by Crippen LogP contribution is -1.99. The second-order valence-corrected chi connectivity index (χ2v) is 8.61. The average molecular weight is 436 g/mol. The third kappa shape index (κ3) is 2.95. The van der Waals surface area contributed by atoms with Gasteiger partial charge in [0.1, 0.15) is 5.82 Å². The van der Waals surface area contributed by atoms with Gasteiger partial charge in [0.05, 0.1) is 11.2 Å². The van der Waals surface area contributed by atoms with Crippen LogP contribution in [0.2, 0.25) is 0 Å². The highest BCUT2D eigenvalue weighted by Crippen LogP contribution is 2.35. The monoisotopic (exact) mass is 435 g/mol. The van der Waals surface area contributed by atoms with E-state index in [9.17, 15) is 0 Å². The highest BCUT2D eigenvalue weighted by molar-refractivity contribution is 6.19. The number of nitrogens with one attached hydrogen (secondary N) is 1.